The van der Waals surface area contributed by atoms with Gasteiger partial charge in [-0.1, -0.05) is 90.7 Å². The maximum absolute atomic E-state index is 14.5. The first-order valence-electron chi connectivity index (χ1n) is 8.83. The second kappa shape index (κ2) is 7.72. The van der Waals surface area contributed by atoms with E-state index in [4.69, 9.17) is 0 Å². The van der Waals surface area contributed by atoms with Gasteiger partial charge in [-0.05, 0) is 35.4 Å². The second-order valence-corrected chi connectivity index (χ2v) is 6.22. The van der Waals surface area contributed by atoms with Crippen LogP contribution in [0.15, 0.2) is 103 Å². The van der Waals surface area contributed by atoms with E-state index in [1.54, 1.807) is 12.1 Å². The third-order valence-electron chi connectivity index (χ3n) is 4.38. The fraction of sp³-hybridized carbons (Fsp3) is 0. The van der Waals surface area contributed by atoms with Gasteiger partial charge in [0.05, 0.1) is 0 Å². The Hall–Kier alpha value is -3.63. The maximum atomic E-state index is 14.5. The lowest BCUT2D eigenvalue weighted by atomic mass is 9.91. The Morgan fingerprint density at radius 2 is 0.963 bits per heavy atom. The molecule has 0 nitrogen and oxygen atoms in total. The van der Waals surface area contributed by atoms with Crippen molar-refractivity contribution >= 4 is 0 Å². The minimum absolute atomic E-state index is 0.266. The van der Waals surface area contributed by atoms with Gasteiger partial charge in [0.2, 0.25) is 0 Å². The summed E-state index contributed by atoms with van der Waals surface area (Å²) < 4.78 is 14.5. The van der Waals surface area contributed by atoms with E-state index in [1.807, 2.05) is 91.0 Å². The molecular weight excluding hydrogens is 331 g/mol. The maximum Gasteiger partial charge on any atom is 0.124 e. The molecular formula is C26H17F. The van der Waals surface area contributed by atoms with Crippen LogP contribution in [0.25, 0.3) is 22.3 Å². The summed E-state index contributed by atoms with van der Waals surface area (Å²) in [6.45, 7) is 0. The molecule has 0 fully saturated rings. The van der Waals surface area contributed by atoms with Crippen molar-refractivity contribution in [2.24, 2.45) is 0 Å². The van der Waals surface area contributed by atoms with Crippen LogP contribution in [-0.2, 0) is 0 Å². The Kier molecular flexibility index (Phi) is 4.81. The van der Waals surface area contributed by atoms with Gasteiger partial charge < -0.3 is 0 Å². The highest BCUT2D eigenvalue weighted by Crippen LogP contribution is 2.33. The lowest BCUT2D eigenvalue weighted by Gasteiger charge is -2.12. The highest BCUT2D eigenvalue weighted by atomic mass is 19.1. The molecule has 0 aliphatic rings. The van der Waals surface area contributed by atoms with Gasteiger partial charge in [-0.3, -0.25) is 0 Å². The van der Waals surface area contributed by atoms with Gasteiger partial charge in [0.15, 0.2) is 0 Å². The molecule has 128 valence electrons. The van der Waals surface area contributed by atoms with Crippen LogP contribution in [0.5, 0.6) is 0 Å². The molecule has 0 saturated carbocycles. The van der Waals surface area contributed by atoms with E-state index in [1.165, 1.54) is 0 Å². The van der Waals surface area contributed by atoms with Crippen molar-refractivity contribution < 1.29 is 4.39 Å². The molecule has 0 saturated heterocycles. The Balaban J connectivity index is 1.97. The van der Waals surface area contributed by atoms with Crippen LogP contribution in [0.3, 0.4) is 0 Å². The van der Waals surface area contributed by atoms with Crippen LogP contribution < -0.4 is 0 Å². The van der Waals surface area contributed by atoms with Crippen molar-refractivity contribution in [1.29, 1.82) is 0 Å². The summed E-state index contributed by atoms with van der Waals surface area (Å²) in [5.41, 5.74) is 5.27. The third-order valence-corrected chi connectivity index (χ3v) is 4.38. The van der Waals surface area contributed by atoms with E-state index in [9.17, 15) is 4.39 Å². The molecule has 4 aromatic rings. The first kappa shape index (κ1) is 16.8. The van der Waals surface area contributed by atoms with Crippen molar-refractivity contribution in [3.05, 3.63) is 120 Å². The molecule has 0 heterocycles. The minimum Gasteiger partial charge on any atom is -0.207 e. The molecule has 0 amide bonds. The Morgan fingerprint density at radius 1 is 0.519 bits per heavy atom. The lowest BCUT2D eigenvalue weighted by Crippen LogP contribution is -1.93. The second-order valence-electron chi connectivity index (χ2n) is 6.22. The van der Waals surface area contributed by atoms with Crippen molar-refractivity contribution in [2.75, 3.05) is 0 Å². The lowest BCUT2D eigenvalue weighted by molar-refractivity contribution is 0.628. The summed E-state index contributed by atoms with van der Waals surface area (Å²) in [4.78, 5) is 0. The Bertz CT molecular complexity index is 1040. The summed E-state index contributed by atoms with van der Waals surface area (Å²) in [6, 6.07) is 32.6. The minimum atomic E-state index is -0.266. The quantitative estimate of drug-likeness (QED) is 0.360. The molecule has 0 aliphatic heterocycles. The molecule has 0 radical (unpaired) electrons. The first-order chi connectivity index (χ1) is 13.3. The topological polar surface area (TPSA) is 0 Å². The molecule has 0 N–H and O–H groups in total. The summed E-state index contributed by atoms with van der Waals surface area (Å²) in [5.74, 6) is 6.27. The molecule has 0 unspecified atom stereocenters. The highest BCUT2D eigenvalue weighted by Gasteiger charge is 2.13. The molecule has 0 spiro atoms. The fourth-order valence-corrected chi connectivity index (χ4v) is 3.09. The number of hydrogen-bond donors (Lipinski definition) is 0. The number of benzene rings is 4. The van der Waals surface area contributed by atoms with E-state index in [0.717, 1.165) is 33.4 Å². The molecule has 0 aliphatic carbocycles. The van der Waals surface area contributed by atoms with Gasteiger partial charge in [0, 0.05) is 22.3 Å². The van der Waals surface area contributed by atoms with Crippen LogP contribution in [-0.4, -0.2) is 0 Å². The molecule has 1 heteroatoms. The summed E-state index contributed by atoms with van der Waals surface area (Å²) in [5, 5.41) is 0. The van der Waals surface area contributed by atoms with Gasteiger partial charge in [0.25, 0.3) is 0 Å². The zero-order chi connectivity index (χ0) is 18.5. The van der Waals surface area contributed by atoms with E-state index in [2.05, 4.69) is 11.8 Å². The zero-order valence-electron chi connectivity index (χ0n) is 14.7. The number of halogens is 1. The van der Waals surface area contributed by atoms with Crippen LogP contribution in [0, 0.1) is 17.7 Å². The van der Waals surface area contributed by atoms with E-state index < -0.39 is 0 Å². The van der Waals surface area contributed by atoms with E-state index in [-0.39, 0.29) is 5.82 Å². The number of hydrogen-bond acceptors (Lipinski definition) is 0. The average Bonchev–Trinajstić information content (AvgIpc) is 2.74. The molecule has 4 rings (SSSR count). The molecule has 0 aromatic heterocycles. The average molecular weight is 348 g/mol. The zero-order valence-corrected chi connectivity index (χ0v) is 14.7. The fourth-order valence-electron chi connectivity index (χ4n) is 3.09. The predicted molar refractivity (Wildman–Crippen MR) is 110 cm³/mol. The van der Waals surface area contributed by atoms with Gasteiger partial charge in [0.1, 0.15) is 5.82 Å². The summed E-state index contributed by atoms with van der Waals surface area (Å²) in [7, 11) is 0. The van der Waals surface area contributed by atoms with Crippen LogP contribution in [0.2, 0.25) is 0 Å². The van der Waals surface area contributed by atoms with Crippen molar-refractivity contribution in [1.82, 2.24) is 0 Å². The van der Waals surface area contributed by atoms with Gasteiger partial charge in [-0.15, -0.1) is 0 Å². The van der Waals surface area contributed by atoms with Gasteiger partial charge in [-0.2, -0.15) is 0 Å². The van der Waals surface area contributed by atoms with Crippen molar-refractivity contribution in [3.63, 3.8) is 0 Å². The van der Waals surface area contributed by atoms with Gasteiger partial charge in [-0.25, -0.2) is 4.39 Å². The highest BCUT2D eigenvalue weighted by molar-refractivity contribution is 5.83. The smallest absolute Gasteiger partial charge is 0.124 e. The van der Waals surface area contributed by atoms with Crippen LogP contribution in [0.4, 0.5) is 4.39 Å². The largest absolute Gasteiger partial charge is 0.207 e. The number of rotatable bonds is 2. The normalized spacial score (nSPS) is 10.1. The van der Waals surface area contributed by atoms with E-state index in [0.29, 0.717) is 0 Å². The SMILES string of the molecule is Fc1cc(-c2ccccc2)c(C#Cc2ccccc2)c(-c2ccccc2)c1. The third kappa shape index (κ3) is 3.81. The summed E-state index contributed by atoms with van der Waals surface area (Å²) >= 11 is 0. The predicted octanol–water partition coefficient (Wildman–Crippen LogP) is 6.56. The van der Waals surface area contributed by atoms with Crippen LogP contribution in [0.1, 0.15) is 11.1 Å². The molecule has 0 bridgehead atoms. The van der Waals surface area contributed by atoms with Crippen LogP contribution >= 0.6 is 0 Å². The monoisotopic (exact) mass is 348 g/mol. The molecule has 27 heavy (non-hydrogen) atoms. The van der Waals surface area contributed by atoms with Crippen molar-refractivity contribution in [2.45, 2.75) is 0 Å². The standard InChI is InChI=1S/C26H17F/c27-23-18-25(21-12-6-2-7-13-21)24(17-16-20-10-4-1-5-11-20)26(19-23)22-14-8-3-9-15-22/h1-15,18-19H. The Morgan fingerprint density at radius 3 is 1.44 bits per heavy atom. The molecule has 0 atom stereocenters. The molecule has 4 aromatic carbocycles. The van der Waals surface area contributed by atoms with Gasteiger partial charge >= 0.3 is 0 Å². The van der Waals surface area contributed by atoms with Crippen molar-refractivity contribution in [3.8, 4) is 34.1 Å². The summed E-state index contributed by atoms with van der Waals surface area (Å²) in [6.07, 6.45) is 0. The Labute approximate surface area is 158 Å². The first-order valence-corrected chi connectivity index (χ1v) is 8.83. The van der Waals surface area contributed by atoms with E-state index >= 15 is 0 Å².